The van der Waals surface area contributed by atoms with Crippen LogP contribution in [0.4, 0.5) is 0 Å². The van der Waals surface area contributed by atoms with Gasteiger partial charge >= 0.3 is 0 Å². The van der Waals surface area contributed by atoms with E-state index >= 15 is 0 Å². The van der Waals surface area contributed by atoms with Crippen molar-refractivity contribution in [2.45, 2.75) is 77.0 Å². The third-order valence-electron chi connectivity index (χ3n) is 8.30. The highest BCUT2D eigenvalue weighted by atomic mass is 14.4. The van der Waals surface area contributed by atoms with Crippen LogP contribution in [0.15, 0.2) is 78.4 Å². The van der Waals surface area contributed by atoms with Gasteiger partial charge in [-0.15, -0.1) is 0 Å². The molecular weight excluding hydrogens is 384 g/mol. The number of aryl methyl sites for hydroxylation is 1. The van der Waals surface area contributed by atoms with Crippen molar-refractivity contribution in [1.82, 2.24) is 0 Å². The average Bonchev–Trinajstić information content (AvgIpc) is 3.59. The first-order valence-electron chi connectivity index (χ1n) is 12.9. The molecule has 2 aromatic rings. The molecule has 2 aromatic carbocycles. The maximum atomic E-state index is 4.61. The lowest BCUT2D eigenvalue weighted by molar-refractivity contribution is 0.547. The second kappa shape index (κ2) is 9.26. The second-order valence-electron chi connectivity index (χ2n) is 10.3. The first-order valence-corrected chi connectivity index (χ1v) is 12.9. The molecule has 0 heterocycles. The summed E-state index contributed by atoms with van der Waals surface area (Å²) in [4.78, 5) is 0. The van der Waals surface area contributed by atoms with E-state index in [1.54, 1.807) is 22.3 Å². The highest BCUT2D eigenvalue weighted by Gasteiger charge is 2.32. The van der Waals surface area contributed by atoms with Crippen molar-refractivity contribution in [3.63, 3.8) is 0 Å². The molecule has 0 amide bonds. The first-order chi connectivity index (χ1) is 15.7. The Labute approximate surface area is 195 Å². The monoisotopic (exact) mass is 422 g/mol. The van der Waals surface area contributed by atoms with Crippen molar-refractivity contribution in [2.75, 3.05) is 0 Å². The summed E-state index contributed by atoms with van der Waals surface area (Å²) in [6.07, 6.45) is 17.0. The summed E-state index contributed by atoms with van der Waals surface area (Å²) >= 11 is 0. The van der Waals surface area contributed by atoms with Gasteiger partial charge in [-0.3, -0.25) is 0 Å². The Morgan fingerprint density at radius 3 is 2.50 bits per heavy atom. The number of benzene rings is 2. The molecular formula is C32H38. The standard InChI is InChI=1S/C32H38/c1-4-23-9-8-10-26(19-23)22(3)27-15-16-28(21-27)30-18-17-29(20-24(30)5-2)32-12-7-6-11-31(32)25-13-14-25/h6-12,17-18,20,25-28H,3-5,13-16,19,21H2,1-2H3. The van der Waals surface area contributed by atoms with Gasteiger partial charge < -0.3 is 0 Å². The first kappa shape index (κ1) is 21.5. The van der Waals surface area contributed by atoms with Gasteiger partial charge in [0.15, 0.2) is 0 Å². The minimum atomic E-state index is 0.547. The summed E-state index contributed by atoms with van der Waals surface area (Å²) in [5.41, 5.74) is 10.6. The number of rotatable bonds is 7. The van der Waals surface area contributed by atoms with Crippen LogP contribution < -0.4 is 0 Å². The van der Waals surface area contributed by atoms with Gasteiger partial charge in [-0.1, -0.05) is 92.3 Å². The van der Waals surface area contributed by atoms with Crippen LogP contribution in [0, 0.1) is 11.8 Å². The number of allylic oxidation sites excluding steroid dienone is 5. The van der Waals surface area contributed by atoms with Crippen molar-refractivity contribution >= 4 is 0 Å². The van der Waals surface area contributed by atoms with Crippen LogP contribution in [-0.4, -0.2) is 0 Å². The van der Waals surface area contributed by atoms with Crippen LogP contribution in [0.3, 0.4) is 0 Å². The Kier molecular flexibility index (Phi) is 6.22. The fraction of sp³-hybridized carbons (Fsp3) is 0.438. The highest BCUT2D eigenvalue weighted by Crippen LogP contribution is 2.47. The molecule has 32 heavy (non-hydrogen) atoms. The van der Waals surface area contributed by atoms with E-state index in [4.69, 9.17) is 0 Å². The van der Waals surface area contributed by atoms with E-state index in [0.717, 1.165) is 18.8 Å². The van der Waals surface area contributed by atoms with Gasteiger partial charge in [-0.2, -0.15) is 0 Å². The number of hydrogen-bond acceptors (Lipinski definition) is 0. The lowest BCUT2D eigenvalue weighted by Gasteiger charge is -2.25. The topological polar surface area (TPSA) is 0 Å². The second-order valence-corrected chi connectivity index (χ2v) is 10.3. The molecule has 3 aliphatic carbocycles. The highest BCUT2D eigenvalue weighted by molar-refractivity contribution is 5.70. The summed E-state index contributed by atoms with van der Waals surface area (Å²) in [6, 6.07) is 16.4. The Hall–Kier alpha value is -2.34. The molecule has 0 heteroatoms. The third kappa shape index (κ3) is 4.29. The van der Waals surface area contributed by atoms with E-state index in [1.165, 1.54) is 55.2 Å². The SMILES string of the molecule is C=C(C1C=CC=C(CC)C1)C1CCC(c2ccc(-c3ccccc3C3CC3)cc2CC)C1. The van der Waals surface area contributed by atoms with Crippen molar-refractivity contribution in [3.05, 3.63) is 95.1 Å². The van der Waals surface area contributed by atoms with Crippen LogP contribution in [0.1, 0.15) is 87.3 Å². The Balaban J connectivity index is 1.33. The smallest absolute Gasteiger partial charge is 0.00172 e. The van der Waals surface area contributed by atoms with Gasteiger partial charge in [0.1, 0.15) is 0 Å². The molecule has 166 valence electrons. The molecule has 2 saturated carbocycles. The molecule has 0 nitrogen and oxygen atoms in total. The van der Waals surface area contributed by atoms with Gasteiger partial charge in [0.25, 0.3) is 0 Å². The summed E-state index contributed by atoms with van der Waals surface area (Å²) in [7, 11) is 0. The zero-order chi connectivity index (χ0) is 22.1. The van der Waals surface area contributed by atoms with E-state index in [-0.39, 0.29) is 0 Å². The normalized spacial score (nSPS) is 25.1. The maximum Gasteiger partial charge on any atom is 0.00172 e. The summed E-state index contributed by atoms with van der Waals surface area (Å²) in [6.45, 7) is 9.21. The van der Waals surface area contributed by atoms with Crippen LogP contribution >= 0.6 is 0 Å². The minimum Gasteiger partial charge on any atom is -0.0990 e. The molecule has 3 aliphatic rings. The Bertz CT molecular complexity index is 1050. The van der Waals surface area contributed by atoms with E-state index in [2.05, 4.69) is 81.1 Å². The fourth-order valence-electron chi connectivity index (χ4n) is 6.15. The quantitative estimate of drug-likeness (QED) is 0.390. The summed E-state index contributed by atoms with van der Waals surface area (Å²) in [5.74, 6) is 2.69. The predicted molar refractivity (Wildman–Crippen MR) is 138 cm³/mol. The largest absolute Gasteiger partial charge is 0.0990 e. The van der Waals surface area contributed by atoms with Crippen molar-refractivity contribution in [3.8, 4) is 11.1 Å². The molecule has 0 N–H and O–H groups in total. The molecule has 0 radical (unpaired) electrons. The third-order valence-corrected chi connectivity index (χ3v) is 8.30. The lowest BCUT2D eigenvalue weighted by atomic mass is 9.80. The van der Waals surface area contributed by atoms with Gasteiger partial charge in [0, 0.05) is 5.92 Å². The molecule has 0 spiro atoms. The van der Waals surface area contributed by atoms with Gasteiger partial charge in [-0.25, -0.2) is 0 Å². The number of hydrogen-bond donors (Lipinski definition) is 0. The van der Waals surface area contributed by atoms with Crippen molar-refractivity contribution in [1.29, 1.82) is 0 Å². The molecule has 3 unspecified atom stereocenters. The molecule has 5 rings (SSSR count). The van der Waals surface area contributed by atoms with Crippen molar-refractivity contribution < 1.29 is 0 Å². The summed E-state index contributed by atoms with van der Waals surface area (Å²) < 4.78 is 0. The van der Waals surface area contributed by atoms with E-state index < -0.39 is 0 Å². The zero-order valence-electron chi connectivity index (χ0n) is 19.9. The zero-order valence-corrected chi connectivity index (χ0v) is 19.9. The van der Waals surface area contributed by atoms with Crippen LogP contribution in [0.2, 0.25) is 0 Å². The van der Waals surface area contributed by atoms with Gasteiger partial charge in [0.05, 0.1) is 0 Å². The Morgan fingerprint density at radius 1 is 0.906 bits per heavy atom. The summed E-state index contributed by atoms with van der Waals surface area (Å²) in [5, 5.41) is 0. The Morgan fingerprint density at radius 2 is 1.72 bits per heavy atom. The minimum absolute atomic E-state index is 0.547. The molecule has 0 aromatic heterocycles. The fourth-order valence-corrected chi connectivity index (χ4v) is 6.15. The molecule has 0 saturated heterocycles. The molecule has 2 fully saturated rings. The predicted octanol–water partition coefficient (Wildman–Crippen LogP) is 9.15. The van der Waals surface area contributed by atoms with Crippen LogP contribution in [0.5, 0.6) is 0 Å². The van der Waals surface area contributed by atoms with E-state index in [1.807, 2.05) is 0 Å². The van der Waals surface area contributed by atoms with Gasteiger partial charge in [-0.05, 0) is 96.9 Å². The molecule has 0 aliphatic heterocycles. The van der Waals surface area contributed by atoms with Crippen molar-refractivity contribution in [2.24, 2.45) is 11.8 Å². The van der Waals surface area contributed by atoms with Crippen LogP contribution in [0.25, 0.3) is 11.1 Å². The average molecular weight is 423 g/mol. The van der Waals surface area contributed by atoms with Crippen LogP contribution in [-0.2, 0) is 6.42 Å². The molecule has 3 atom stereocenters. The van der Waals surface area contributed by atoms with Gasteiger partial charge in [0.2, 0.25) is 0 Å². The van der Waals surface area contributed by atoms with E-state index in [9.17, 15) is 0 Å². The van der Waals surface area contributed by atoms with E-state index in [0.29, 0.717) is 17.8 Å². The lowest BCUT2D eigenvalue weighted by Crippen LogP contribution is -2.11. The maximum absolute atomic E-state index is 4.61. The molecule has 0 bridgehead atoms.